The molecule has 0 radical (unpaired) electrons. The first kappa shape index (κ1) is 29.6. The van der Waals surface area contributed by atoms with Gasteiger partial charge in [-0.3, -0.25) is 19.2 Å². The molecule has 13 nitrogen and oxygen atoms in total. The summed E-state index contributed by atoms with van der Waals surface area (Å²) in [4.78, 5) is 68.0. The number of nitrogens with zero attached hydrogens (tertiary/aromatic N) is 1. The van der Waals surface area contributed by atoms with Crippen LogP contribution in [0.4, 0.5) is 0 Å². The van der Waals surface area contributed by atoms with Gasteiger partial charge in [-0.2, -0.15) is 0 Å². The molecule has 0 spiro atoms. The molecule has 13 heteroatoms. The van der Waals surface area contributed by atoms with E-state index in [0.717, 1.165) is 0 Å². The van der Waals surface area contributed by atoms with Crippen molar-refractivity contribution in [2.45, 2.75) is 77.5 Å². The summed E-state index contributed by atoms with van der Waals surface area (Å²) in [5, 5.41) is 26.0. The summed E-state index contributed by atoms with van der Waals surface area (Å²) in [5.41, 5.74) is 6.38. The standard InChI is InChI=1S/C22H36N6O7/c1-5-11(3)17(23)20(32)26-14(8-16(29)30)19(31)28-18(12(4)6-2)21(33)27-15(22(34)35)7-13-9-24-10-25-13/h9-12,14-15,17-18H,5-8,23H2,1-4H3,(H,24,25)(H,26,32)(H,27,33)(H,28,31)(H,29,30)(H,34,35). The Kier molecular flexibility index (Phi) is 11.9. The summed E-state index contributed by atoms with van der Waals surface area (Å²) in [6, 6.07) is -4.90. The van der Waals surface area contributed by atoms with Gasteiger partial charge >= 0.3 is 11.9 Å². The average Bonchev–Trinajstić information content (AvgIpc) is 3.32. The summed E-state index contributed by atoms with van der Waals surface area (Å²) in [5.74, 6) is -5.57. The lowest BCUT2D eigenvalue weighted by Gasteiger charge is -2.28. The van der Waals surface area contributed by atoms with E-state index in [1.165, 1.54) is 12.5 Å². The summed E-state index contributed by atoms with van der Waals surface area (Å²) in [7, 11) is 0. The van der Waals surface area contributed by atoms with Crippen molar-refractivity contribution in [1.29, 1.82) is 0 Å². The highest BCUT2D eigenvalue weighted by molar-refractivity contribution is 5.95. The van der Waals surface area contributed by atoms with Crippen LogP contribution < -0.4 is 21.7 Å². The molecule has 6 atom stereocenters. The number of carboxylic acids is 2. The van der Waals surface area contributed by atoms with Crippen molar-refractivity contribution in [3.8, 4) is 0 Å². The third kappa shape index (κ3) is 9.35. The molecule has 0 aromatic carbocycles. The second kappa shape index (κ2) is 14.0. The molecule has 8 N–H and O–H groups in total. The summed E-state index contributed by atoms with van der Waals surface area (Å²) < 4.78 is 0. The molecule has 35 heavy (non-hydrogen) atoms. The quantitative estimate of drug-likeness (QED) is 0.164. The Labute approximate surface area is 203 Å². The van der Waals surface area contributed by atoms with Gasteiger partial charge in [0.25, 0.3) is 0 Å². The molecule has 1 rings (SSSR count). The Morgan fingerprint density at radius 3 is 2.03 bits per heavy atom. The van der Waals surface area contributed by atoms with E-state index in [9.17, 15) is 34.2 Å². The molecule has 1 aromatic rings. The number of nitrogens with two attached hydrogens (primary N) is 1. The van der Waals surface area contributed by atoms with Crippen molar-refractivity contribution >= 4 is 29.7 Å². The maximum absolute atomic E-state index is 13.0. The van der Waals surface area contributed by atoms with Gasteiger partial charge in [0.15, 0.2) is 0 Å². The van der Waals surface area contributed by atoms with Crippen molar-refractivity contribution in [3.63, 3.8) is 0 Å². The minimum atomic E-state index is -1.48. The van der Waals surface area contributed by atoms with Crippen LogP contribution in [0.15, 0.2) is 12.5 Å². The highest BCUT2D eigenvalue weighted by Gasteiger charge is 2.34. The van der Waals surface area contributed by atoms with E-state index in [2.05, 4.69) is 25.9 Å². The number of carbonyl (C=O) groups excluding carboxylic acids is 3. The average molecular weight is 497 g/mol. The second-order valence-corrected chi connectivity index (χ2v) is 8.62. The molecule has 0 fully saturated rings. The van der Waals surface area contributed by atoms with Crippen LogP contribution >= 0.6 is 0 Å². The summed E-state index contributed by atoms with van der Waals surface area (Å²) in [6.45, 7) is 7.05. The highest BCUT2D eigenvalue weighted by atomic mass is 16.4. The monoisotopic (exact) mass is 496 g/mol. The van der Waals surface area contributed by atoms with Gasteiger partial charge in [0.1, 0.15) is 18.1 Å². The number of carboxylic acid groups (broad SMARTS) is 2. The number of amides is 3. The lowest BCUT2D eigenvalue weighted by Crippen LogP contribution is -2.59. The first-order chi connectivity index (χ1) is 16.4. The molecule has 0 aliphatic rings. The van der Waals surface area contributed by atoms with Crippen molar-refractivity contribution in [1.82, 2.24) is 25.9 Å². The minimum Gasteiger partial charge on any atom is -0.481 e. The van der Waals surface area contributed by atoms with Crippen molar-refractivity contribution in [2.24, 2.45) is 17.6 Å². The predicted octanol–water partition coefficient (Wildman–Crippen LogP) is -0.615. The van der Waals surface area contributed by atoms with Gasteiger partial charge in [0.05, 0.1) is 18.8 Å². The van der Waals surface area contributed by atoms with Crippen LogP contribution in [0.2, 0.25) is 0 Å². The largest absolute Gasteiger partial charge is 0.481 e. The molecule has 0 aliphatic carbocycles. The maximum Gasteiger partial charge on any atom is 0.326 e. The fraction of sp³-hybridized carbons (Fsp3) is 0.636. The fourth-order valence-electron chi connectivity index (χ4n) is 3.20. The fourth-order valence-corrected chi connectivity index (χ4v) is 3.20. The van der Waals surface area contributed by atoms with Crippen LogP contribution in [0.1, 0.15) is 52.7 Å². The van der Waals surface area contributed by atoms with E-state index in [1.54, 1.807) is 20.8 Å². The smallest absolute Gasteiger partial charge is 0.326 e. The van der Waals surface area contributed by atoms with Gasteiger partial charge in [-0.15, -0.1) is 0 Å². The molecule has 0 saturated carbocycles. The minimum absolute atomic E-state index is 0.0621. The number of nitrogens with one attached hydrogen (secondary N) is 4. The molecule has 3 amide bonds. The van der Waals surface area contributed by atoms with Crippen molar-refractivity contribution < 1.29 is 34.2 Å². The Balaban J connectivity index is 3.03. The molecular weight excluding hydrogens is 460 g/mol. The van der Waals surface area contributed by atoms with Crippen LogP contribution in [0.3, 0.4) is 0 Å². The zero-order valence-corrected chi connectivity index (χ0v) is 20.4. The molecule has 0 aliphatic heterocycles. The van der Waals surface area contributed by atoms with E-state index in [0.29, 0.717) is 18.5 Å². The van der Waals surface area contributed by atoms with Crippen molar-refractivity contribution in [2.75, 3.05) is 0 Å². The number of aromatic nitrogens is 2. The van der Waals surface area contributed by atoms with E-state index < -0.39 is 66.2 Å². The van der Waals surface area contributed by atoms with Crippen LogP contribution in [-0.4, -0.2) is 74.0 Å². The molecular formula is C22H36N6O7. The Bertz CT molecular complexity index is 876. The number of carbonyl (C=O) groups is 5. The number of aromatic amines is 1. The third-order valence-electron chi connectivity index (χ3n) is 5.96. The van der Waals surface area contributed by atoms with Crippen LogP contribution in [0.5, 0.6) is 0 Å². The molecule has 1 heterocycles. The SMILES string of the molecule is CCC(C)C(N)C(=O)NC(CC(=O)O)C(=O)NC(C(=O)NC(Cc1cnc[nH]1)C(=O)O)C(C)CC. The Morgan fingerprint density at radius 1 is 0.943 bits per heavy atom. The van der Waals surface area contributed by atoms with Gasteiger partial charge in [-0.25, -0.2) is 9.78 Å². The zero-order chi connectivity index (χ0) is 26.7. The lowest BCUT2D eigenvalue weighted by molar-refractivity contribution is -0.143. The zero-order valence-electron chi connectivity index (χ0n) is 20.4. The first-order valence-electron chi connectivity index (χ1n) is 11.5. The lowest BCUT2D eigenvalue weighted by atomic mass is 9.96. The van der Waals surface area contributed by atoms with E-state index in [4.69, 9.17) is 5.73 Å². The number of hydrogen-bond donors (Lipinski definition) is 7. The van der Waals surface area contributed by atoms with Gasteiger partial charge in [0, 0.05) is 18.3 Å². The number of hydrogen-bond acceptors (Lipinski definition) is 7. The van der Waals surface area contributed by atoms with E-state index in [1.807, 2.05) is 6.92 Å². The van der Waals surface area contributed by atoms with Crippen LogP contribution in [0, 0.1) is 11.8 Å². The first-order valence-corrected chi connectivity index (χ1v) is 11.5. The van der Waals surface area contributed by atoms with Crippen LogP contribution in [-0.2, 0) is 30.4 Å². The second-order valence-electron chi connectivity index (χ2n) is 8.62. The van der Waals surface area contributed by atoms with E-state index in [-0.39, 0.29) is 12.3 Å². The third-order valence-corrected chi connectivity index (χ3v) is 5.96. The number of H-pyrrole nitrogens is 1. The topological polar surface area (TPSA) is 217 Å². The number of rotatable bonds is 15. The van der Waals surface area contributed by atoms with E-state index >= 15 is 0 Å². The highest BCUT2D eigenvalue weighted by Crippen LogP contribution is 2.11. The van der Waals surface area contributed by atoms with Gasteiger partial charge in [-0.1, -0.05) is 40.5 Å². The normalized spacial score (nSPS) is 16.1. The molecule has 6 unspecified atom stereocenters. The summed E-state index contributed by atoms with van der Waals surface area (Å²) in [6.07, 6.45) is 3.07. The van der Waals surface area contributed by atoms with Gasteiger partial charge in [-0.05, 0) is 11.8 Å². The molecule has 1 aromatic heterocycles. The maximum atomic E-state index is 13.0. The molecule has 0 saturated heterocycles. The Morgan fingerprint density at radius 2 is 1.54 bits per heavy atom. The Hall–Kier alpha value is -3.48. The summed E-state index contributed by atoms with van der Waals surface area (Å²) >= 11 is 0. The molecule has 0 bridgehead atoms. The number of imidazole rings is 1. The van der Waals surface area contributed by atoms with Gasteiger partial charge < -0.3 is 36.9 Å². The molecule has 196 valence electrons. The number of aliphatic carboxylic acids is 2. The predicted molar refractivity (Wildman–Crippen MR) is 125 cm³/mol. The van der Waals surface area contributed by atoms with Crippen molar-refractivity contribution in [3.05, 3.63) is 18.2 Å². The van der Waals surface area contributed by atoms with Crippen LogP contribution in [0.25, 0.3) is 0 Å². The van der Waals surface area contributed by atoms with Gasteiger partial charge in [0.2, 0.25) is 17.7 Å².